The van der Waals surface area contributed by atoms with Crippen LogP contribution < -0.4 is 5.32 Å². The molecular weight excluding hydrogens is 240 g/mol. The Morgan fingerprint density at radius 3 is 2.79 bits per heavy atom. The quantitative estimate of drug-likeness (QED) is 0.833. The molecule has 0 aliphatic rings. The number of rotatable bonds is 6. The van der Waals surface area contributed by atoms with Crippen LogP contribution in [0.4, 0.5) is 5.82 Å². The molecule has 0 unspecified atom stereocenters. The van der Waals surface area contributed by atoms with Crippen LogP contribution in [0.3, 0.4) is 0 Å². The summed E-state index contributed by atoms with van der Waals surface area (Å²) in [6, 6.07) is 2.01. The Morgan fingerprint density at radius 2 is 2.16 bits per heavy atom. The van der Waals surface area contributed by atoms with E-state index in [2.05, 4.69) is 51.5 Å². The maximum absolute atomic E-state index is 4.55. The van der Waals surface area contributed by atoms with Gasteiger partial charge in [-0.3, -0.25) is 0 Å². The van der Waals surface area contributed by atoms with Crippen molar-refractivity contribution in [1.82, 2.24) is 25.4 Å². The average molecular weight is 260 g/mol. The number of H-pyrrole nitrogens is 1. The largest absolute Gasteiger partial charge is 0.370 e. The van der Waals surface area contributed by atoms with E-state index in [1.807, 2.05) is 6.07 Å². The second-order valence-electron chi connectivity index (χ2n) is 4.95. The summed E-state index contributed by atoms with van der Waals surface area (Å²) >= 11 is 0. The van der Waals surface area contributed by atoms with Crippen LogP contribution in [0.5, 0.6) is 0 Å². The molecule has 2 N–H and O–H groups in total. The molecule has 0 saturated heterocycles. The second kappa shape index (κ2) is 6.26. The molecule has 0 radical (unpaired) electrons. The van der Waals surface area contributed by atoms with Gasteiger partial charge in [0.05, 0.1) is 6.20 Å². The van der Waals surface area contributed by atoms with Gasteiger partial charge in [0.15, 0.2) is 5.82 Å². The fraction of sp³-hybridized carbons (Fsp3) is 0.538. The number of hydrogen-bond donors (Lipinski definition) is 2. The van der Waals surface area contributed by atoms with Gasteiger partial charge in [-0.1, -0.05) is 20.8 Å². The molecule has 0 aromatic carbocycles. The molecule has 0 aliphatic heterocycles. The normalized spacial score (nSPS) is 10.9. The van der Waals surface area contributed by atoms with Crippen molar-refractivity contribution < 1.29 is 0 Å². The highest BCUT2D eigenvalue weighted by Crippen LogP contribution is 2.17. The zero-order chi connectivity index (χ0) is 13.7. The minimum absolute atomic E-state index is 0.555. The Bertz CT molecular complexity index is 506. The zero-order valence-electron chi connectivity index (χ0n) is 11.6. The Kier molecular flexibility index (Phi) is 4.43. The summed E-state index contributed by atoms with van der Waals surface area (Å²) in [5.41, 5.74) is 1.70. The van der Waals surface area contributed by atoms with Crippen LogP contribution in [-0.4, -0.2) is 31.9 Å². The van der Waals surface area contributed by atoms with Crippen molar-refractivity contribution in [1.29, 1.82) is 0 Å². The second-order valence-corrected chi connectivity index (χ2v) is 4.95. The molecule has 0 saturated carbocycles. The van der Waals surface area contributed by atoms with Crippen molar-refractivity contribution in [2.24, 2.45) is 5.92 Å². The minimum atomic E-state index is 0.555. The molecule has 0 atom stereocenters. The van der Waals surface area contributed by atoms with Crippen LogP contribution >= 0.6 is 0 Å². The molecular formula is C13H20N6. The highest BCUT2D eigenvalue weighted by atomic mass is 15.3. The summed E-state index contributed by atoms with van der Waals surface area (Å²) in [5, 5.41) is 13.7. The van der Waals surface area contributed by atoms with Crippen molar-refractivity contribution in [3.05, 3.63) is 18.0 Å². The van der Waals surface area contributed by atoms with Gasteiger partial charge in [0.1, 0.15) is 11.5 Å². The summed E-state index contributed by atoms with van der Waals surface area (Å²) < 4.78 is 0. The van der Waals surface area contributed by atoms with E-state index in [4.69, 9.17) is 0 Å². The molecule has 0 bridgehead atoms. The number of nitrogens with one attached hydrogen (secondary N) is 2. The van der Waals surface area contributed by atoms with Gasteiger partial charge < -0.3 is 5.32 Å². The first-order chi connectivity index (χ1) is 9.19. The molecule has 2 rings (SSSR count). The molecule has 6 heteroatoms. The molecule has 19 heavy (non-hydrogen) atoms. The first kappa shape index (κ1) is 13.5. The van der Waals surface area contributed by atoms with E-state index in [0.717, 1.165) is 30.9 Å². The maximum Gasteiger partial charge on any atom is 0.183 e. The molecule has 6 nitrogen and oxygen atoms in total. The smallest absolute Gasteiger partial charge is 0.183 e. The number of nitrogens with zero attached hydrogens (tertiary/aromatic N) is 4. The lowest BCUT2D eigenvalue weighted by Crippen LogP contribution is -2.07. The average Bonchev–Trinajstić information content (AvgIpc) is 2.89. The molecule has 0 aliphatic carbocycles. The van der Waals surface area contributed by atoms with Gasteiger partial charge in [-0.05, 0) is 18.8 Å². The topological polar surface area (TPSA) is 79.4 Å². The highest BCUT2D eigenvalue weighted by Gasteiger charge is 2.10. The van der Waals surface area contributed by atoms with Crippen LogP contribution in [0.15, 0.2) is 12.3 Å². The standard InChI is InChI=1S/C13H20N6/c1-4-5-14-12-7-10(6-9(2)3)16-13(17-12)11-8-15-19-18-11/h7-9H,4-6H2,1-3H3,(H,14,16,17)(H,15,18,19). The van der Waals surface area contributed by atoms with Crippen molar-refractivity contribution in [2.45, 2.75) is 33.6 Å². The van der Waals surface area contributed by atoms with E-state index >= 15 is 0 Å². The fourth-order valence-corrected chi connectivity index (χ4v) is 1.79. The number of anilines is 1. The predicted molar refractivity (Wildman–Crippen MR) is 74.7 cm³/mol. The third kappa shape index (κ3) is 3.74. The van der Waals surface area contributed by atoms with Crippen molar-refractivity contribution in [2.75, 3.05) is 11.9 Å². The Labute approximate surface area is 113 Å². The molecule has 0 fully saturated rings. The van der Waals surface area contributed by atoms with E-state index in [1.165, 1.54) is 0 Å². The van der Waals surface area contributed by atoms with E-state index in [-0.39, 0.29) is 0 Å². The van der Waals surface area contributed by atoms with Gasteiger partial charge >= 0.3 is 0 Å². The van der Waals surface area contributed by atoms with Gasteiger partial charge in [0.25, 0.3) is 0 Å². The summed E-state index contributed by atoms with van der Waals surface area (Å²) in [4.78, 5) is 9.03. The van der Waals surface area contributed by atoms with E-state index in [0.29, 0.717) is 17.4 Å². The molecule has 2 heterocycles. The van der Waals surface area contributed by atoms with E-state index < -0.39 is 0 Å². The fourth-order valence-electron chi connectivity index (χ4n) is 1.79. The molecule has 2 aromatic heterocycles. The summed E-state index contributed by atoms with van der Waals surface area (Å²) in [6.45, 7) is 7.38. The predicted octanol–water partition coefficient (Wildman–Crippen LogP) is 2.28. The minimum Gasteiger partial charge on any atom is -0.370 e. The van der Waals surface area contributed by atoms with Gasteiger partial charge in [-0.15, -0.1) is 0 Å². The van der Waals surface area contributed by atoms with Crippen LogP contribution in [0.25, 0.3) is 11.5 Å². The number of aromatic amines is 1. The number of hydrogen-bond acceptors (Lipinski definition) is 5. The van der Waals surface area contributed by atoms with Crippen molar-refractivity contribution in [3.8, 4) is 11.5 Å². The summed E-state index contributed by atoms with van der Waals surface area (Å²) in [6.07, 6.45) is 3.62. The lowest BCUT2D eigenvalue weighted by molar-refractivity contribution is 0.634. The van der Waals surface area contributed by atoms with Crippen molar-refractivity contribution in [3.63, 3.8) is 0 Å². The van der Waals surface area contributed by atoms with Gasteiger partial charge in [-0.2, -0.15) is 15.4 Å². The summed E-state index contributed by atoms with van der Waals surface area (Å²) in [7, 11) is 0. The third-order valence-corrected chi connectivity index (χ3v) is 2.60. The van der Waals surface area contributed by atoms with Crippen LogP contribution in [0.2, 0.25) is 0 Å². The van der Waals surface area contributed by atoms with E-state index in [1.54, 1.807) is 6.20 Å². The highest BCUT2D eigenvalue weighted by molar-refractivity contribution is 5.51. The Balaban J connectivity index is 2.31. The lowest BCUT2D eigenvalue weighted by Gasteiger charge is -2.09. The zero-order valence-corrected chi connectivity index (χ0v) is 11.6. The molecule has 102 valence electrons. The SMILES string of the molecule is CCCNc1cc(CC(C)C)nc(-c2cn[nH]n2)n1. The Morgan fingerprint density at radius 1 is 1.32 bits per heavy atom. The molecule has 0 spiro atoms. The van der Waals surface area contributed by atoms with Gasteiger partial charge in [0.2, 0.25) is 0 Å². The monoisotopic (exact) mass is 260 g/mol. The van der Waals surface area contributed by atoms with Gasteiger partial charge in [0, 0.05) is 18.3 Å². The van der Waals surface area contributed by atoms with Crippen LogP contribution in [0, 0.1) is 5.92 Å². The maximum atomic E-state index is 4.55. The number of aromatic nitrogens is 5. The molecule has 2 aromatic rings. The molecule has 0 amide bonds. The van der Waals surface area contributed by atoms with Crippen LogP contribution in [0.1, 0.15) is 32.9 Å². The lowest BCUT2D eigenvalue weighted by atomic mass is 10.1. The summed E-state index contributed by atoms with van der Waals surface area (Å²) in [5.74, 6) is 2.02. The van der Waals surface area contributed by atoms with Crippen LogP contribution in [-0.2, 0) is 6.42 Å². The first-order valence-corrected chi connectivity index (χ1v) is 6.67. The third-order valence-electron chi connectivity index (χ3n) is 2.60. The Hall–Kier alpha value is -1.98. The van der Waals surface area contributed by atoms with E-state index in [9.17, 15) is 0 Å². The van der Waals surface area contributed by atoms with Gasteiger partial charge in [-0.25, -0.2) is 9.97 Å². The first-order valence-electron chi connectivity index (χ1n) is 6.67. The van der Waals surface area contributed by atoms with Crippen molar-refractivity contribution >= 4 is 5.82 Å².